The van der Waals surface area contributed by atoms with Gasteiger partial charge in [0, 0.05) is 23.0 Å². The molecule has 0 radical (unpaired) electrons. The van der Waals surface area contributed by atoms with E-state index in [0.717, 1.165) is 10.3 Å². The maximum Gasteiger partial charge on any atom is 0.131 e. The Labute approximate surface area is 114 Å². The minimum atomic E-state index is -0.302. The van der Waals surface area contributed by atoms with Gasteiger partial charge < -0.3 is 10.3 Å². The smallest absolute Gasteiger partial charge is 0.131 e. The lowest BCUT2D eigenvalue weighted by atomic mass is 10.1. The monoisotopic (exact) mass is 311 g/mol. The molecule has 0 fully saturated rings. The maximum atomic E-state index is 13.3. The Morgan fingerprint density at radius 2 is 2.06 bits per heavy atom. The highest BCUT2D eigenvalue weighted by molar-refractivity contribution is 9.10. The Kier molecular flexibility index (Phi) is 3.43. The van der Waals surface area contributed by atoms with E-state index in [-0.39, 0.29) is 11.7 Å². The number of aromatic nitrogens is 2. The number of benzene rings is 1. The first kappa shape index (κ1) is 13.1. The molecule has 2 aromatic rings. The molecule has 3 nitrogen and oxygen atoms in total. The van der Waals surface area contributed by atoms with Gasteiger partial charge >= 0.3 is 0 Å². The Bertz CT molecular complexity index is 590. The average molecular weight is 312 g/mol. The molecule has 0 aliphatic rings. The van der Waals surface area contributed by atoms with Crippen molar-refractivity contribution in [1.82, 2.24) is 9.55 Å². The third kappa shape index (κ3) is 2.14. The van der Waals surface area contributed by atoms with Crippen molar-refractivity contribution < 1.29 is 4.39 Å². The van der Waals surface area contributed by atoms with Crippen molar-refractivity contribution in [3.63, 3.8) is 0 Å². The van der Waals surface area contributed by atoms with Gasteiger partial charge in [-0.15, -0.1) is 0 Å². The standard InChI is InChI=1S/C13H15BrFN3/c1-7(2)13-17-11(12(16)18(13)3)9-6-8(15)4-5-10(9)14/h4-7H,16H2,1-3H3. The Morgan fingerprint density at radius 1 is 1.39 bits per heavy atom. The summed E-state index contributed by atoms with van der Waals surface area (Å²) in [6.07, 6.45) is 0. The second-order valence-corrected chi connectivity index (χ2v) is 5.40. The molecule has 5 heteroatoms. The van der Waals surface area contributed by atoms with Crippen LogP contribution < -0.4 is 5.73 Å². The summed E-state index contributed by atoms with van der Waals surface area (Å²) < 4.78 is 16.0. The first-order chi connectivity index (χ1) is 8.41. The number of hydrogen-bond donors (Lipinski definition) is 1. The molecule has 0 aliphatic carbocycles. The van der Waals surface area contributed by atoms with E-state index in [4.69, 9.17) is 5.73 Å². The molecule has 18 heavy (non-hydrogen) atoms. The molecule has 96 valence electrons. The van der Waals surface area contributed by atoms with Crippen LogP contribution in [0.2, 0.25) is 0 Å². The van der Waals surface area contributed by atoms with E-state index in [0.29, 0.717) is 17.1 Å². The molecular weight excluding hydrogens is 297 g/mol. The summed E-state index contributed by atoms with van der Waals surface area (Å²) >= 11 is 3.40. The Hall–Kier alpha value is -1.36. The zero-order valence-corrected chi connectivity index (χ0v) is 12.1. The van der Waals surface area contributed by atoms with E-state index in [2.05, 4.69) is 20.9 Å². The van der Waals surface area contributed by atoms with Crippen LogP contribution in [0.15, 0.2) is 22.7 Å². The molecule has 0 bridgehead atoms. The van der Waals surface area contributed by atoms with Crippen molar-refractivity contribution in [2.24, 2.45) is 7.05 Å². The van der Waals surface area contributed by atoms with Gasteiger partial charge in [-0.05, 0) is 18.2 Å². The Balaban J connectivity index is 2.64. The van der Waals surface area contributed by atoms with Crippen LogP contribution in [0.25, 0.3) is 11.3 Å². The molecule has 0 aliphatic heterocycles. The Morgan fingerprint density at radius 3 is 2.61 bits per heavy atom. The van der Waals surface area contributed by atoms with Gasteiger partial charge in [0.2, 0.25) is 0 Å². The third-order valence-corrected chi connectivity index (χ3v) is 3.57. The van der Waals surface area contributed by atoms with E-state index < -0.39 is 0 Å². The van der Waals surface area contributed by atoms with Crippen LogP contribution in [0, 0.1) is 5.82 Å². The molecule has 2 N–H and O–H groups in total. The number of nitrogen functional groups attached to an aromatic ring is 1. The lowest BCUT2D eigenvalue weighted by Crippen LogP contribution is -2.02. The van der Waals surface area contributed by atoms with Gasteiger partial charge in [0.15, 0.2) is 0 Å². The van der Waals surface area contributed by atoms with E-state index >= 15 is 0 Å². The molecule has 0 atom stereocenters. The zero-order chi connectivity index (χ0) is 13.4. The lowest BCUT2D eigenvalue weighted by molar-refractivity contribution is 0.628. The van der Waals surface area contributed by atoms with Crippen LogP contribution in [0.5, 0.6) is 0 Å². The van der Waals surface area contributed by atoms with Gasteiger partial charge in [-0.2, -0.15) is 0 Å². The van der Waals surface area contributed by atoms with Crippen LogP contribution in [0.1, 0.15) is 25.6 Å². The molecular formula is C13H15BrFN3. The largest absolute Gasteiger partial charge is 0.383 e. The minimum Gasteiger partial charge on any atom is -0.383 e. The van der Waals surface area contributed by atoms with E-state index in [9.17, 15) is 4.39 Å². The molecule has 0 amide bonds. The molecule has 1 aromatic carbocycles. The van der Waals surface area contributed by atoms with Crippen LogP contribution in [0.3, 0.4) is 0 Å². The number of rotatable bonds is 2. The van der Waals surface area contributed by atoms with Gasteiger partial charge in [-0.25, -0.2) is 9.37 Å². The number of nitrogens with zero attached hydrogens (tertiary/aromatic N) is 2. The van der Waals surface area contributed by atoms with E-state index in [1.54, 1.807) is 6.07 Å². The first-order valence-corrected chi connectivity index (χ1v) is 6.48. The van der Waals surface area contributed by atoms with E-state index in [1.807, 2.05) is 25.5 Å². The van der Waals surface area contributed by atoms with Crippen molar-refractivity contribution in [2.45, 2.75) is 19.8 Å². The molecule has 0 saturated carbocycles. The van der Waals surface area contributed by atoms with Gasteiger partial charge in [-0.1, -0.05) is 29.8 Å². The summed E-state index contributed by atoms with van der Waals surface area (Å²) in [5.41, 5.74) is 7.34. The second-order valence-electron chi connectivity index (χ2n) is 4.54. The number of hydrogen-bond acceptors (Lipinski definition) is 2. The fraction of sp³-hybridized carbons (Fsp3) is 0.308. The topological polar surface area (TPSA) is 43.8 Å². The quantitative estimate of drug-likeness (QED) is 0.919. The van der Waals surface area contributed by atoms with Crippen molar-refractivity contribution in [3.8, 4) is 11.3 Å². The maximum absolute atomic E-state index is 13.3. The third-order valence-electron chi connectivity index (χ3n) is 2.87. The SMILES string of the molecule is CC(C)c1nc(-c2cc(F)ccc2Br)c(N)n1C. The highest BCUT2D eigenvalue weighted by atomic mass is 79.9. The van der Waals surface area contributed by atoms with Gasteiger partial charge in [0.1, 0.15) is 23.2 Å². The van der Waals surface area contributed by atoms with Crippen molar-refractivity contribution in [2.75, 3.05) is 5.73 Å². The molecule has 1 aromatic heterocycles. The summed E-state index contributed by atoms with van der Waals surface area (Å²) in [5.74, 6) is 1.39. The normalized spacial score (nSPS) is 11.2. The fourth-order valence-corrected chi connectivity index (χ4v) is 2.36. The van der Waals surface area contributed by atoms with Crippen molar-refractivity contribution >= 4 is 21.7 Å². The summed E-state index contributed by atoms with van der Waals surface area (Å²) in [6, 6.07) is 4.50. The second kappa shape index (κ2) is 4.72. The van der Waals surface area contributed by atoms with Gasteiger partial charge in [-0.3, -0.25) is 0 Å². The van der Waals surface area contributed by atoms with Crippen molar-refractivity contribution in [1.29, 1.82) is 0 Å². The highest BCUT2D eigenvalue weighted by Gasteiger charge is 2.18. The zero-order valence-electron chi connectivity index (χ0n) is 10.5. The number of imidazole rings is 1. The van der Waals surface area contributed by atoms with Crippen LogP contribution >= 0.6 is 15.9 Å². The fourth-order valence-electron chi connectivity index (χ4n) is 1.92. The average Bonchev–Trinajstić information content (AvgIpc) is 2.60. The minimum absolute atomic E-state index is 0.262. The summed E-state index contributed by atoms with van der Waals surface area (Å²) in [4.78, 5) is 4.52. The van der Waals surface area contributed by atoms with Crippen LogP contribution in [-0.2, 0) is 7.05 Å². The molecule has 0 spiro atoms. The summed E-state index contributed by atoms with van der Waals surface area (Å²) in [5, 5.41) is 0. The number of anilines is 1. The van der Waals surface area contributed by atoms with Gasteiger partial charge in [0.25, 0.3) is 0 Å². The predicted octanol–water partition coefficient (Wildman–Crippen LogP) is 3.69. The first-order valence-electron chi connectivity index (χ1n) is 5.69. The number of halogens is 2. The highest BCUT2D eigenvalue weighted by Crippen LogP contribution is 2.33. The van der Waals surface area contributed by atoms with Crippen LogP contribution in [-0.4, -0.2) is 9.55 Å². The molecule has 0 unspecified atom stereocenters. The predicted molar refractivity (Wildman–Crippen MR) is 74.8 cm³/mol. The van der Waals surface area contributed by atoms with E-state index in [1.165, 1.54) is 12.1 Å². The molecule has 0 saturated heterocycles. The summed E-state index contributed by atoms with van der Waals surface area (Å²) in [6.45, 7) is 4.10. The van der Waals surface area contributed by atoms with Gasteiger partial charge in [0.05, 0.1) is 0 Å². The van der Waals surface area contributed by atoms with Crippen LogP contribution in [0.4, 0.5) is 10.2 Å². The number of nitrogens with two attached hydrogens (primary N) is 1. The van der Waals surface area contributed by atoms with Crippen molar-refractivity contribution in [3.05, 3.63) is 34.3 Å². The molecule has 2 rings (SSSR count). The molecule has 1 heterocycles. The lowest BCUT2D eigenvalue weighted by Gasteiger charge is -2.04. The summed E-state index contributed by atoms with van der Waals surface area (Å²) in [7, 11) is 1.87.